The summed E-state index contributed by atoms with van der Waals surface area (Å²) in [4.78, 5) is 26.1. The van der Waals surface area contributed by atoms with Crippen molar-refractivity contribution in [1.29, 1.82) is 0 Å². The number of amides is 2. The van der Waals surface area contributed by atoms with Crippen LogP contribution in [0.5, 0.6) is 0 Å². The van der Waals surface area contributed by atoms with Crippen molar-refractivity contribution in [1.82, 2.24) is 10.2 Å². The lowest BCUT2D eigenvalue weighted by atomic mass is 9.97. The van der Waals surface area contributed by atoms with Crippen LogP contribution in [0.15, 0.2) is 54.6 Å². The molecular weight excluding hydrogens is 338 g/mol. The largest absolute Gasteiger partial charge is 0.366 e. The Morgan fingerprint density at radius 3 is 2.30 bits per heavy atom. The lowest BCUT2D eigenvalue weighted by Gasteiger charge is -2.25. The highest BCUT2D eigenvalue weighted by molar-refractivity contribution is 5.94. The van der Waals surface area contributed by atoms with Crippen molar-refractivity contribution in [2.45, 2.75) is 31.7 Å². The number of hydrogen-bond acceptors (Lipinski definition) is 3. The van der Waals surface area contributed by atoms with E-state index in [1.807, 2.05) is 56.6 Å². The van der Waals surface area contributed by atoms with Gasteiger partial charge in [0.2, 0.25) is 11.8 Å². The Labute approximate surface area is 161 Å². The maximum absolute atomic E-state index is 12.4. The molecule has 0 saturated carbocycles. The van der Waals surface area contributed by atoms with E-state index >= 15 is 0 Å². The molecule has 0 saturated heterocycles. The fraction of sp³-hybridized carbons (Fsp3) is 0.364. The second-order valence-electron chi connectivity index (χ2n) is 7.16. The number of rotatable bonds is 9. The molecule has 0 radical (unpaired) electrons. The molecule has 0 heterocycles. The van der Waals surface area contributed by atoms with E-state index < -0.39 is 5.91 Å². The average molecular weight is 367 g/mol. The topological polar surface area (TPSA) is 75.4 Å². The summed E-state index contributed by atoms with van der Waals surface area (Å²) < 4.78 is 0. The number of likely N-dealkylation sites (N-methyl/N-ethyl adjacent to an activating group) is 1. The van der Waals surface area contributed by atoms with Gasteiger partial charge in [0.05, 0.1) is 0 Å². The Bertz CT molecular complexity index is 759. The minimum atomic E-state index is -0.427. The second kappa shape index (κ2) is 9.88. The van der Waals surface area contributed by atoms with Crippen LogP contribution in [0.3, 0.4) is 0 Å². The van der Waals surface area contributed by atoms with Crippen molar-refractivity contribution >= 4 is 11.8 Å². The number of carbonyl (C=O) groups excluding carboxylic acids is 2. The van der Waals surface area contributed by atoms with Crippen molar-refractivity contribution < 1.29 is 9.59 Å². The van der Waals surface area contributed by atoms with Crippen molar-refractivity contribution in [3.05, 3.63) is 71.3 Å². The molecule has 144 valence electrons. The van der Waals surface area contributed by atoms with Crippen LogP contribution in [0.2, 0.25) is 0 Å². The molecule has 2 amide bonds. The van der Waals surface area contributed by atoms with Crippen LogP contribution >= 0.6 is 0 Å². The van der Waals surface area contributed by atoms with Gasteiger partial charge in [-0.1, -0.05) is 55.5 Å². The number of benzene rings is 2. The zero-order valence-electron chi connectivity index (χ0n) is 16.3. The summed E-state index contributed by atoms with van der Waals surface area (Å²) in [6.45, 7) is 2.57. The molecule has 0 fully saturated rings. The maximum atomic E-state index is 12.4. The molecule has 5 heteroatoms. The Kier molecular flexibility index (Phi) is 7.55. The third-order valence-corrected chi connectivity index (χ3v) is 4.86. The van der Waals surface area contributed by atoms with Gasteiger partial charge < -0.3 is 16.0 Å². The number of carbonyl (C=O) groups is 2. The van der Waals surface area contributed by atoms with Gasteiger partial charge in [-0.15, -0.1) is 0 Å². The first kappa shape index (κ1) is 20.6. The van der Waals surface area contributed by atoms with Gasteiger partial charge in [0.1, 0.15) is 0 Å². The predicted molar refractivity (Wildman–Crippen MR) is 109 cm³/mol. The highest BCUT2D eigenvalue weighted by atomic mass is 16.1. The van der Waals surface area contributed by atoms with Crippen LogP contribution < -0.4 is 11.1 Å². The van der Waals surface area contributed by atoms with Crippen molar-refractivity contribution in [2.75, 3.05) is 20.6 Å². The molecule has 0 spiro atoms. The Balaban J connectivity index is 1.95. The molecule has 2 atom stereocenters. The molecule has 2 aromatic rings. The van der Waals surface area contributed by atoms with E-state index in [4.69, 9.17) is 5.73 Å². The first-order chi connectivity index (χ1) is 12.9. The number of nitrogens with one attached hydrogen (secondary N) is 1. The third-order valence-electron chi connectivity index (χ3n) is 4.86. The van der Waals surface area contributed by atoms with Crippen LogP contribution in [0.25, 0.3) is 0 Å². The highest BCUT2D eigenvalue weighted by Gasteiger charge is 2.18. The fourth-order valence-electron chi connectivity index (χ4n) is 3.11. The van der Waals surface area contributed by atoms with Crippen molar-refractivity contribution in [3.63, 3.8) is 0 Å². The van der Waals surface area contributed by atoms with Crippen molar-refractivity contribution in [3.8, 4) is 0 Å². The first-order valence-electron chi connectivity index (χ1n) is 9.24. The normalized spacial score (nSPS) is 13.2. The SMILES string of the molecule is CC(CC(=O)NCC(Cc1ccccc1C(N)=O)N(C)C)c1ccccc1. The van der Waals surface area contributed by atoms with Crippen LogP contribution in [0, 0.1) is 0 Å². The number of hydrogen-bond donors (Lipinski definition) is 2. The van der Waals surface area contributed by atoms with Gasteiger partial charge in [-0.3, -0.25) is 9.59 Å². The van der Waals surface area contributed by atoms with Gasteiger partial charge in [0.25, 0.3) is 0 Å². The molecule has 2 aromatic carbocycles. The number of nitrogens with zero attached hydrogens (tertiary/aromatic N) is 1. The van der Waals surface area contributed by atoms with Gasteiger partial charge in [0, 0.05) is 24.6 Å². The summed E-state index contributed by atoms with van der Waals surface area (Å²) in [5.41, 5.74) is 8.07. The summed E-state index contributed by atoms with van der Waals surface area (Å²) in [7, 11) is 3.94. The molecule has 0 bridgehead atoms. The molecule has 3 N–H and O–H groups in total. The smallest absolute Gasteiger partial charge is 0.248 e. The Morgan fingerprint density at radius 2 is 1.67 bits per heavy atom. The van der Waals surface area contributed by atoms with Crippen LogP contribution in [-0.4, -0.2) is 43.4 Å². The average Bonchev–Trinajstić information content (AvgIpc) is 2.65. The van der Waals surface area contributed by atoms with Gasteiger partial charge in [-0.05, 0) is 43.6 Å². The van der Waals surface area contributed by atoms with E-state index in [0.717, 1.165) is 11.1 Å². The van der Waals surface area contributed by atoms with E-state index in [9.17, 15) is 9.59 Å². The van der Waals surface area contributed by atoms with E-state index in [-0.39, 0.29) is 17.9 Å². The summed E-state index contributed by atoms with van der Waals surface area (Å²) >= 11 is 0. The van der Waals surface area contributed by atoms with Gasteiger partial charge in [-0.2, -0.15) is 0 Å². The molecule has 0 aliphatic carbocycles. The quantitative estimate of drug-likeness (QED) is 0.715. The van der Waals surface area contributed by atoms with Gasteiger partial charge in [-0.25, -0.2) is 0 Å². The lowest BCUT2D eigenvalue weighted by molar-refractivity contribution is -0.121. The zero-order valence-corrected chi connectivity index (χ0v) is 16.3. The molecule has 0 aliphatic rings. The summed E-state index contributed by atoms with van der Waals surface area (Å²) in [6.07, 6.45) is 1.09. The molecule has 0 aromatic heterocycles. The lowest BCUT2D eigenvalue weighted by Crippen LogP contribution is -2.42. The number of primary amides is 1. The zero-order chi connectivity index (χ0) is 19.8. The monoisotopic (exact) mass is 367 g/mol. The molecule has 27 heavy (non-hydrogen) atoms. The standard InChI is InChI=1S/C22H29N3O2/c1-16(17-9-5-4-6-10-17)13-21(26)24-15-19(25(2)3)14-18-11-7-8-12-20(18)22(23)27/h4-12,16,19H,13-15H2,1-3H3,(H2,23,27)(H,24,26). The molecule has 5 nitrogen and oxygen atoms in total. The minimum Gasteiger partial charge on any atom is -0.366 e. The molecule has 2 unspecified atom stereocenters. The molecule has 0 aliphatic heterocycles. The fourth-order valence-corrected chi connectivity index (χ4v) is 3.11. The highest BCUT2D eigenvalue weighted by Crippen LogP contribution is 2.18. The summed E-state index contributed by atoms with van der Waals surface area (Å²) in [5.74, 6) is -0.232. The van der Waals surface area contributed by atoms with Crippen molar-refractivity contribution in [2.24, 2.45) is 5.73 Å². The van der Waals surface area contributed by atoms with Crippen LogP contribution in [0.4, 0.5) is 0 Å². The van der Waals surface area contributed by atoms with Crippen LogP contribution in [0.1, 0.15) is 40.7 Å². The van der Waals surface area contributed by atoms with E-state index in [2.05, 4.69) is 17.1 Å². The maximum Gasteiger partial charge on any atom is 0.248 e. The summed E-state index contributed by atoms with van der Waals surface area (Å²) in [5, 5.41) is 3.04. The van der Waals surface area contributed by atoms with E-state index in [1.165, 1.54) is 0 Å². The minimum absolute atomic E-state index is 0.0291. The first-order valence-corrected chi connectivity index (χ1v) is 9.24. The summed E-state index contributed by atoms with van der Waals surface area (Å²) in [6, 6.07) is 17.5. The molecular formula is C22H29N3O2. The van der Waals surface area contributed by atoms with E-state index in [0.29, 0.717) is 24.9 Å². The third kappa shape index (κ3) is 6.22. The van der Waals surface area contributed by atoms with Gasteiger partial charge in [0.15, 0.2) is 0 Å². The molecule has 2 rings (SSSR count). The Hall–Kier alpha value is -2.66. The Morgan fingerprint density at radius 1 is 1.04 bits per heavy atom. The predicted octanol–water partition coefficient (Wildman–Crippen LogP) is 2.57. The van der Waals surface area contributed by atoms with Gasteiger partial charge >= 0.3 is 0 Å². The second-order valence-corrected chi connectivity index (χ2v) is 7.16. The van der Waals surface area contributed by atoms with Crippen LogP contribution in [-0.2, 0) is 11.2 Å². The number of nitrogens with two attached hydrogens (primary N) is 1. The van der Waals surface area contributed by atoms with E-state index in [1.54, 1.807) is 12.1 Å².